The van der Waals surface area contributed by atoms with Crippen LogP contribution in [0.3, 0.4) is 0 Å². The molecule has 0 aliphatic carbocycles. The highest BCUT2D eigenvalue weighted by Crippen LogP contribution is 2.33. The normalized spacial score (nSPS) is 24.5. The summed E-state index contributed by atoms with van der Waals surface area (Å²) in [5.74, 6) is 0.801. The van der Waals surface area contributed by atoms with Crippen molar-refractivity contribution >= 4 is 15.9 Å². The molecule has 1 aromatic rings. The van der Waals surface area contributed by atoms with Gasteiger partial charge >= 0.3 is 0 Å². The SMILES string of the molecule is CC[C@@]1(N2CCN(C(=O)c3ccc(OC)cc3C)CC2)CCN(S(C)(=O)=O)C1. The van der Waals surface area contributed by atoms with E-state index in [1.807, 2.05) is 30.0 Å². The Labute approximate surface area is 168 Å². The summed E-state index contributed by atoms with van der Waals surface area (Å²) >= 11 is 0. The zero-order valence-corrected chi connectivity index (χ0v) is 18.1. The quantitative estimate of drug-likeness (QED) is 0.738. The molecule has 1 aromatic carbocycles. The van der Waals surface area contributed by atoms with E-state index in [9.17, 15) is 13.2 Å². The second-order valence-corrected chi connectivity index (χ2v) is 9.87. The number of carbonyl (C=O) groups is 1. The van der Waals surface area contributed by atoms with E-state index in [2.05, 4.69) is 11.8 Å². The molecule has 0 bridgehead atoms. The number of amides is 1. The minimum atomic E-state index is -3.16. The smallest absolute Gasteiger partial charge is 0.254 e. The molecule has 1 amide bonds. The molecule has 2 aliphatic heterocycles. The van der Waals surface area contributed by atoms with Gasteiger partial charge in [-0.05, 0) is 43.5 Å². The summed E-state index contributed by atoms with van der Waals surface area (Å²) in [7, 11) is -1.54. The van der Waals surface area contributed by atoms with Gasteiger partial charge < -0.3 is 9.64 Å². The van der Waals surface area contributed by atoms with Gasteiger partial charge in [-0.3, -0.25) is 9.69 Å². The van der Waals surface area contributed by atoms with Crippen molar-refractivity contribution in [3.05, 3.63) is 29.3 Å². The number of hydrogen-bond acceptors (Lipinski definition) is 5. The van der Waals surface area contributed by atoms with Crippen molar-refractivity contribution in [2.24, 2.45) is 0 Å². The summed E-state index contributed by atoms with van der Waals surface area (Å²) in [5, 5.41) is 0. The van der Waals surface area contributed by atoms with Gasteiger partial charge in [0.25, 0.3) is 5.91 Å². The van der Waals surface area contributed by atoms with Crippen LogP contribution in [0.5, 0.6) is 5.75 Å². The maximum atomic E-state index is 13.0. The first-order valence-corrected chi connectivity index (χ1v) is 11.7. The molecular formula is C20H31N3O4S. The Morgan fingerprint density at radius 3 is 2.36 bits per heavy atom. The van der Waals surface area contributed by atoms with Crippen LogP contribution < -0.4 is 4.74 Å². The molecule has 156 valence electrons. The lowest BCUT2D eigenvalue weighted by Gasteiger charge is -2.45. The van der Waals surface area contributed by atoms with E-state index in [1.54, 1.807) is 11.4 Å². The first-order valence-electron chi connectivity index (χ1n) is 9.84. The number of hydrogen-bond donors (Lipinski definition) is 0. The van der Waals surface area contributed by atoms with Gasteiger partial charge in [-0.25, -0.2) is 12.7 Å². The molecule has 7 nitrogen and oxygen atoms in total. The lowest BCUT2D eigenvalue weighted by Crippen LogP contribution is -2.59. The van der Waals surface area contributed by atoms with Crippen LogP contribution >= 0.6 is 0 Å². The fraction of sp³-hybridized carbons (Fsp3) is 0.650. The van der Waals surface area contributed by atoms with Gasteiger partial charge in [0.15, 0.2) is 0 Å². The van der Waals surface area contributed by atoms with E-state index in [0.29, 0.717) is 31.7 Å². The standard InChI is InChI=1S/C20H31N3O4S/c1-5-20(8-9-23(15-20)28(4,25)26)22-12-10-21(11-13-22)19(24)18-7-6-17(27-3)14-16(18)2/h6-7,14H,5,8-13,15H2,1-4H3/t20-/m1/s1. The summed E-state index contributed by atoms with van der Waals surface area (Å²) in [6.07, 6.45) is 3.04. The second-order valence-electron chi connectivity index (χ2n) is 7.88. The topological polar surface area (TPSA) is 70.2 Å². The minimum absolute atomic E-state index is 0.0505. The molecule has 1 atom stereocenters. The predicted molar refractivity (Wildman–Crippen MR) is 109 cm³/mol. The van der Waals surface area contributed by atoms with Gasteiger partial charge in [0.1, 0.15) is 5.75 Å². The molecule has 28 heavy (non-hydrogen) atoms. The molecule has 0 aromatic heterocycles. The zero-order chi connectivity index (χ0) is 20.5. The van der Waals surface area contributed by atoms with Crippen molar-refractivity contribution in [3.63, 3.8) is 0 Å². The number of aryl methyl sites for hydroxylation is 1. The fourth-order valence-corrected chi connectivity index (χ4v) is 5.33. The van der Waals surface area contributed by atoms with Crippen LogP contribution in [0.25, 0.3) is 0 Å². The molecule has 2 fully saturated rings. The van der Waals surface area contributed by atoms with Gasteiger partial charge in [-0.2, -0.15) is 0 Å². The number of piperazine rings is 1. The largest absolute Gasteiger partial charge is 0.497 e. The number of benzene rings is 1. The average Bonchev–Trinajstić information content (AvgIpc) is 3.14. The average molecular weight is 410 g/mol. The Balaban J connectivity index is 1.66. The van der Waals surface area contributed by atoms with Crippen molar-refractivity contribution in [1.29, 1.82) is 0 Å². The Bertz CT molecular complexity index is 834. The van der Waals surface area contributed by atoms with Crippen molar-refractivity contribution in [2.45, 2.75) is 32.2 Å². The highest BCUT2D eigenvalue weighted by atomic mass is 32.2. The summed E-state index contributed by atoms with van der Waals surface area (Å²) in [6, 6.07) is 5.53. The van der Waals surface area contributed by atoms with E-state index < -0.39 is 10.0 Å². The fourth-order valence-electron chi connectivity index (χ4n) is 4.43. The van der Waals surface area contributed by atoms with Crippen LogP contribution in [0.15, 0.2) is 18.2 Å². The minimum Gasteiger partial charge on any atom is -0.497 e. The van der Waals surface area contributed by atoms with E-state index in [4.69, 9.17) is 4.74 Å². The van der Waals surface area contributed by atoms with Gasteiger partial charge in [-0.1, -0.05) is 6.92 Å². The number of carbonyl (C=O) groups excluding carboxylic acids is 1. The first-order chi connectivity index (χ1) is 13.2. The molecule has 2 aliphatic rings. The van der Waals surface area contributed by atoms with E-state index in [0.717, 1.165) is 37.2 Å². The lowest BCUT2D eigenvalue weighted by atomic mass is 9.92. The summed E-state index contributed by atoms with van der Waals surface area (Å²) in [4.78, 5) is 17.3. The summed E-state index contributed by atoms with van der Waals surface area (Å²) in [5.41, 5.74) is 1.51. The number of rotatable bonds is 5. The molecule has 0 N–H and O–H groups in total. The van der Waals surface area contributed by atoms with Crippen molar-refractivity contribution in [1.82, 2.24) is 14.1 Å². The third kappa shape index (κ3) is 4.04. The number of sulfonamides is 1. The third-order valence-corrected chi connectivity index (χ3v) is 7.58. The van der Waals surface area contributed by atoms with Crippen LogP contribution in [0.1, 0.15) is 35.7 Å². The van der Waals surface area contributed by atoms with Crippen LogP contribution in [0.2, 0.25) is 0 Å². The summed E-state index contributed by atoms with van der Waals surface area (Å²) < 4.78 is 30.7. The monoisotopic (exact) mass is 409 g/mol. The van der Waals surface area contributed by atoms with Crippen molar-refractivity contribution in [2.75, 3.05) is 52.6 Å². The van der Waals surface area contributed by atoms with Crippen molar-refractivity contribution in [3.8, 4) is 5.75 Å². The molecule has 0 saturated carbocycles. The highest BCUT2D eigenvalue weighted by Gasteiger charge is 2.45. The third-order valence-electron chi connectivity index (χ3n) is 6.33. The molecular weight excluding hydrogens is 378 g/mol. The van der Waals surface area contributed by atoms with E-state index in [1.165, 1.54) is 6.26 Å². The Hall–Kier alpha value is -1.64. The van der Waals surface area contributed by atoms with Crippen LogP contribution in [0, 0.1) is 6.92 Å². The maximum absolute atomic E-state index is 13.0. The Morgan fingerprint density at radius 1 is 1.18 bits per heavy atom. The highest BCUT2D eigenvalue weighted by molar-refractivity contribution is 7.88. The predicted octanol–water partition coefficient (Wildman–Crippen LogP) is 1.58. The molecule has 0 radical (unpaired) electrons. The Kier molecular flexibility index (Phi) is 6.03. The van der Waals surface area contributed by atoms with Crippen LogP contribution in [-0.2, 0) is 10.0 Å². The van der Waals surface area contributed by atoms with Gasteiger partial charge in [0.05, 0.1) is 13.4 Å². The van der Waals surface area contributed by atoms with Crippen LogP contribution in [-0.4, -0.2) is 86.6 Å². The van der Waals surface area contributed by atoms with Gasteiger partial charge in [-0.15, -0.1) is 0 Å². The molecule has 2 heterocycles. The van der Waals surface area contributed by atoms with E-state index >= 15 is 0 Å². The second kappa shape index (κ2) is 8.00. The number of ether oxygens (including phenoxy) is 1. The number of methoxy groups -OCH3 is 1. The van der Waals surface area contributed by atoms with Gasteiger partial charge in [0, 0.05) is 50.4 Å². The molecule has 3 rings (SSSR count). The maximum Gasteiger partial charge on any atom is 0.254 e. The Morgan fingerprint density at radius 2 is 1.86 bits per heavy atom. The van der Waals surface area contributed by atoms with Gasteiger partial charge in [0.2, 0.25) is 10.0 Å². The van der Waals surface area contributed by atoms with Crippen molar-refractivity contribution < 1.29 is 17.9 Å². The molecule has 8 heteroatoms. The zero-order valence-electron chi connectivity index (χ0n) is 17.3. The lowest BCUT2D eigenvalue weighted by molar-refractivity contribution is 0.0312. The molecule has 0 unspecified atom stereocenters. The van der Waals surface area contributed by atoms with Crippen LogP contribution in [0.4, 0.5) is 0 Å². The summed E-state index contributed by atoms with van der Waals surface area (Å²) in [6.45, 7) is 8.04. The molecule has 2 saturated heterocycles. The first kappa shape index (κ1) is 21.1. The van der Waals surface area contributed by atoms with E-state index in [-0.39, 0.29) is 11.4 Å². The molecule has 0 spiro atoms. The number of nitrogens with zero attached hydrogens (tertiary/aromatic N) is 3.